The molecule has 2 aromatic carbocycles. The highest BCUT2D eigenvalue weighted by molar-refractivity contribution is 7.89. The number of piperidine rings is 1. The number of sulfonamides is 1. The Labute approximate surface area is 181 Å². The van der Waals surface area contributed by atoms with Gasteiger partial charge in [0.05, 0.1) is 11.4 Å². The van der Waals surface area contributed by atoms with Gasteiger partial charge >= 0.3 is 0 Å². The molecule has 6 nitrogen and oxygen atoms in total. The second kappa shape index (κ2) is 9.84. The van der Waals surface area contributed by atoms with Gasteiger partial charge in [-0.3, -0.25) is 4.79 Å². The van der Waals surface area contributed by atoms with Gasteiger partial charge in [0.2, 0.25) is 15.9 Å². The number of hydrogen-bond donors (Lipinski definition) is 2. The van der Waals surface area contributed by atoms with Gasteiger partial charge in [-0.1, -0.05) is 18.6 Å². The number of amides is 1. The predicted octanol–water partition coefficient (Wildman–Crippen LogP) is 3.74. The summed E-state index contributed by atoms with van der Waals surface area (Å²) in [5.41, 5.74) is 1.67. The third-order valence-corrected chi connectivity index (χ3v) is 7.34. The van der Waals surface area contributed by atoms with Crippen molar-refractivity contribution in [3.63, 3.8) is 0 Å². The highest BCUT2D eigenvalue weighted by atomic mass is 32.2. The van der Waals surface area contributed by atoms with Crippen LogP contribution in [-0.4, -0.2) is 38.3 Å². The Bertz CT molecular complexity index is 1050. The molecule has 0 bridgehead atoms. The van der Waals surface area contributed by atoms with Crippen molar-refractivity contribution < 1.29 is 22.0 Å². The van der Waals surface area contributed by atoms with E-state index in [4.69, 9.17) is 0 Å². The Kier molecular flexibility index (Phi) is 7.40. The van der Waals surface area contributed by atoms with Crippen LogP contribution in [0.3, 0.4) is 0 Å². The summed E-state index contributed by atoms with van der Waals surface area (Å²) in [4.78, 5) is 12.6. The summed E-state index contributed by atoms with van der Waals surface area (Å²) >= 11 is 0. The standard InChI is InChI=1S/C22H27F2N3O3S/c1-15-6-8-18(31(29,30)27-10-4-3-5-11-27)13-21(15)26-22(28)14-25-16(2)17-7-9-19(23)20(24)12-17/h6-9,12-13,16,25H,3-5,10-11,14H2,1-2H3,(H,26,28)/t16-/m1/s1. The number of carbonyl (C=O) groups excluding carboxylic acids is 1. The topological polar surface area (TPSA) is 78.5 Å². The van der Waals surface area contributed by atoms with Crippen LogP contribution in [0.4, 0.5) is 14.5 Å². The van der Waals surface area contributed by atoms with Gasteiger partial charge in [-0.05, 0) is 62.1 Å². The molecule has 1 atom stereocenters. The number of halogens is 2. The highest BCUT2D eigenvalue weighted by Gasteiger charge is 2.26. The van der Waals surface area contributed by atoms with Gasteiger partial charge in [0.1, 0.15) is 0 Å². The maximum Gasteiger partial charge on any atom is 0.243 e. The molecule has 0 spiro atoms. The van der Waals surface area contributed by atoms with Gasteiger partial charge in [-0.2, -0.15) is 4.31 Å². The van der Waals surface area contributed by atoms with Crippen LogP contribution in [0.1, 0.15) is 43.4 Å². The molecule has 9 heteroatoms. The Balaban J connectivity index is 1.65. The van der Waals surface area contributed by atoms with Crippen molar-refractivity contribution in [1.29, 1.82) is 0 Å². The first-order valence-corrected chi connectivity index (χ1v) is 11.7. The summed E-state index contributed by atoms with van der Waals surface area (Å²) in [7, 11) is -3.61. The van der Waals surface area contributed by atoms with Crippen LogP contribution in [0.2, 0.25) is 0 Å². The quantitative estimate of drug-likeness (QED) is 0.672. The minimum atomic E-state index is -3.61. The van der Waals surface area contributed by atoms with Gasteiger partial charge in [0.15, 0.2) is 11.6 Å². The number of anilines is 1. The molecule has 0 aromatic heterocycles. The predicted molar refractivity (Wildman–Crippen MR) is 115 cm³/mol. The Morgan fingerprint density at radius 3 is 2.45 bits per heavy atom. The van der Waals surface area contributed by atoms with E-state index in [1.807, 2.05) is 0 Å². The van der Waals surface area contributed by atoms with E-state index in [0.717, 1.165) is 37.0 Å². The van der Waals surface area contributed by atoms with Crippen LogP contribution in [-0.2, 0) is 14.8 Å². The first-order valence-electron chi connectivity index (χ1n) is 10.3. The second-order valence-electron chi connectivity index (χ2n) is 7.77. The number of benzene rings is 2. The van der Waals surface area contributed by atoms with Crippen molar-refractivity contribution in [2.45, 2.75) is 44.0 Å². The van der Waals surface area contributed by atoms with Crippen molar-refractivity contribution >= 4 is 21.6 Å². The molecule has 31 heavy (non-hydrogen) atoms. The number of rotatable bonds is 7. The third kappa shape index (κ3) is 5.66. The fourth-order valence-corrected chi connectivity index (χ4v) is 5.03. The summed E-state index contributed by atoms with van der Waals surface area (Å²) in [6, 6.07) is 7.91. The Hall–Kier alpha value is -2.36. The molecule has 0 saturated carbocycles. The van der Waals surface area contributed by atoms with E-state index < -0.39 is 21.7 Å². The maximum absolute atomic E-state index is 13.4. The van der Waals surface area contributed by atoms with Gasteiger partial charge < -0.3 is 10.6 Å². The first-order chi connectivity index (χ1) is 14.7. The van der Waals surface area contributed by atoms with Gasteiger partial charge in [0, 0.05) is 24.8 Å². The molecule has 1 heterocycles. The lowest BCUT2D eigenvalue weighted by Crippen LogP contribution is -2.35. The first kappa shape index (κ1) is 23.3. The largest absolute Gasteiger partial charge is 0.325 e. The lowest BCUT2D eigenvalue weighted by molar-refractivity contribution is -0.115. The fourth-order valence-electron chi connectivity index (χ4n) is 3.49. The minimum absolute atomic E-state index is 0.0807. The summed E-state index contributed by atoms with van der Waals surface area (Å²) < 4.78 is 53.8. The molecule has 0 unspecified atom stereocenters. The average Bonchev–Trinajstić information content (AvgIpc) is 2.76. The van der Waals surface area contributed by atoms with E-state index in [-0.39, 0.29) is 23.4 Å². The van der Waals surface area contributed by atoms with Gasteiger partial charge in [0.25, 0.3) is 0 Å². The molecular weight excluding hydrogens is 424 g/mol. The molecule has 1 saturated heterocycles. The lowest BCUT2D eigenvalue weighted by Gasteiger charge is -2.26. The van der Waals surface area contributed by atoms with Crippen molar-refractivity contribution in [3.05, 3.63) is 59.2 Å². The van der Waals surface area contributed by atoms with E-state index in [9.17, 15) is 22.0 Å². The Morgan fingerprint density at radius 1 is 1.06 bits per heavy atom. The van der Waals surface area contributed by atoms with Crippen LogP contribution < -0.4 is 10.6 Å². The monoisotopic (exact) mass is 451 g/mol. The second-order valence-corrected chi connectivity index (χ2v) is 9.70. The molecule has 2 N–H and O–H groups in total. The lowest BCUT2D eigenvalue weighted by atomic mass is 10.1. The molecular formula is C22H27F2N3O3S. The zero-order chi connectivity index (χ0) is 22.6. The average molecular weight is 452 g/mol. The molecule has 3 rings (SSSR count). The summed E-state index contributed by atoms with van der Waals surface area (Å²) in [5, 5.41) is 5.69. The number of aryl methyl sites for hydroxylation is 1. The molecule has 168 valence electrons. The van der Waals surface area contributed by atoms with Gasteiger partial charge in [-0.15, -0.1) is 0 Å². The van der Waals surface area contributed by atoms with E-state index in [0.29, 0.717) is 24.3 Å². The number of carbonyl (C=O) groups is 1. The highest BCUT2D eigenvalue weighted by Crippen LogP contribution is 2.25. The van der Waals surface area contributed by atoms with Crippen molar-refractivity contribution in [3.8, 4) is 0 Å². The summed E-state index contributed by atoms with van der Waals surface area (Å²) in [5.74, 6) is -2.24. The fraction of sp³-hybridized carbons (Fsp3) is 0.409. The van der Waals surface area contributed by atoms with E-state index >= 15 is 0 Å². The Morgan fingerprint density at radius 2 is 1.77 bits per heavy atom. The zero-order valence-electron chi connectivity index (χ0n) is 17.6. The van der Waals surface area contributed by atoms with Crippen LogP contribution in [0.15, 0.2) is 41.3 Å². The van der Waals surface area contributed by atoms with E-state index in [1.165, 1.54) is 16.4 Å². The molecule has 0 radical (unpaired) electrons. The smallest absolute Gasteiger partial charge is 0.243 e. The minimum Gasteiger partial charge on any atom is -0.325 e. The van der Waals surface area contributed by atoms with Gasteiger partial charge in [-0.25, -0.2) is 17.2 Å². The zero-order valence-corrected chi connectivity index (χ0v) is 18.4. The van der Waals surface area contributed by atoms with Crippen molar-refractivity contribution in [1.82, 2.24) is 9.62 Å². The summed E-state index contributed by atoms with van der Waals surface area (Å²) in [6.45, 7) is 4.44. The normalized spacial score (nSPS) is 16.1. The van der Waals surface area contributed by atoms with E-state index in [1.54, 1.807) is 26.0 Å². The SMILES string of the molecule is Cc1ccc(S(=O)(=O)N2CCCCC2)cc1NC(=O)CN[C@H](C)c1ccc(F)c(F)c1. The van der Waals surface area contributed by atoms with E-state index in [2.05, 4.69) is 10.6 Å². The molecule has 0 aliphatic carbocycles. The van der Waals surface area contributed by atoms with Crippen LogP contribution in [0.25, 0.3) is 0 Å². The van der Waals surface area contributed by atoms with Crippen molar-refractivity contribution in [2.75, 3.05) is 25.0 Å². The molecule has 1 aliphatic rings. The van der Waals surface area contributed by atoms with Crippen LogP contribution in [0.5, 0.6) is 0 Å². The molecule has 2 aromatic rings. The van der Waals surface area contributed by atoms with Crippen LogP contribution >= 0.6 is 0 Å². The number of hydrogen-bond acceptors (Lipinski definition) is 4. The molecule has 1 amide bonds. The molecule has 1 aliphatic heterocycles. The van der Waals surface area contributed by atoms with Crippen molar-refractivity contribution in [2.24, 2.45) is 0 Å². The maximum atomic E-state index is 13.4. The number of nitrogens with one attached hydrogen (secondary N) is 2. The summed E-state index contributed by atoms with van der Waals surface area (Å²) in [6.07, 6.45) is 2.71. The third-order valence-electron chi connectivity index (χ3n) is 5.45. The van der Waals surface area contributed by atoms with Crippen LogP contribution in [0, 0.1) is 18.6 Å². The number of nitrogens with zero attached hydrogens (tertiary/aromatic N) is 1. The molecule has 1 fully saturated rings.